The number of nitrogens with zero attached hydrogens (tertiary/aromatic N) is 1. The molecule has 0 radical (unpaired) electrons. The van der Waals surface area contributed by atoms with Crippen LogP contribution in [0.1, 0.15) is 5.01 Å². The number of aromatic nitrogens is 1. The quantitative estimate of drug-likeness (QED) is 0.942. The summed E-state index contributed by atoms with van der Waals surface area (Å²) >= 11 is 4.84. The summed E-state index contributed by atoms with van der Waals surface area (Å²) in [7, 11) is 0. The minimum Gasteiger partial charge on any atom is -0.504 e. The summed E-state index contributed by atoms with van der Waals surface area (Å²) in [4.78, 5) is 4.13. The highest BCUT2D eigenvalue weighted by atomic mass is 79.9. The molecule has 2 aromatic rings. The first-order chi connectivity index (χ1) is 7.25. The fraction of sp³-hybridized carbons (Fsp3) is 0.100. The third-order valence-corrected chi connectivity index (χ3v) is 3.19. The van der Waals surface area contributed by atoms with Crippen LogP contribution in [0.25, 0.3) is 0 Å². The number of para-hydroxylation sites is 2. The van der Waals surface area contributed by atoms with Gasteiger partial charge >= 0.3 is 0 Å². The van der Waals surface area contributed by atoms with Crippen LogP contribution in [0.15, 0.2) is 34.2 Å². The largest absolute Gasteiger partial charge is 0.504 e. The molecule has 0 amide bonds. The van der Waals surface area contributed by atoms with Crippen molar-refractivity contribution in [2.45, 2.75) is 6.61 Å². The maximum atomic E-state index is 9.44. The number of aromatic hydroxyl groups is 1. The lowest BCUT2D eigenvalue weighted by Crippen LogP contribution is -1.94. The van der Waals surface area contributed by atoms with Crippen molar-refractivity contribution in [3.63, 3.8) is 0 Å². The van der Waals surface area contributed by atoms with Gasteiger partial charge in [-0.3, -0.25) is 0 Å². The number of ether oxygens (including phenoxy) is 1. The highest BCUT2D eigenvalue weighted by molar-refractivity contribution is 9.11. The molecule has 5 heteroatoms. The van der Waals surface area contributed by atoms with Crippen molar-refractivity contribution in [3.05, 3.63) is 39.3 Å². The van der Waals surface area contributed by atoms with Crippen molar-refractivity contribution in [1.82, 2.24) is 4.98 Å². The van der Waals surface area contributed by atoms with Gasteiger partial charge in [-0.15, -0.1) is 11.3 Å². The van der Waals surface area contributed by atoms with E-state index in [-0.39, 0.29) is 5.75 Å². The van der Waals surface area contributed by atoms with Crippen LogP contribution in [0.5, 0.6) is 11.5 Å². The lowest BCUT2D eigenvalue weighted by molar-refractivity contribution is 0.288. The van der Waals surface area contributed by atoms with Crippen LogP contribution >= 0.6 is 27.3 Å². The Balaban J connectivity index is 2.02. The van der Waals surface area contributed by atoms with Gasteiger partial charge in [0.05, 0.1) is 9.98 Å². The van der Waals surface area contributed by atoms with Crippen molar-refractivity contribution < 1.29 is 9.84 Å². The molecule has 0 spiro atoms. The molecule has 0 saturated carbocycles. The minimum absolute atomic E-state index is 0.146. The molecule has 0 atom stereocenters. The van der Waals surface area contributed by atoms with Gasteiger partial charge in [-0.25, -0.2) is 4.98 Å². The second-order valence-corrected chi connectivity index (χ2v) is 5.31. The second kappa shape index (κ2) is 4.63. The van der Waals surface area contributed by atoms with Gasteiger partial charge in [-0.1, -0.05) is 12.1 Å². The molecule has 1 aromatic heterocycles. The lowest BCUT2D eigenvalue weighted by Gasteiger charge is -2.04. The molecule has 1 heterocycles. The maximum absolute atomic E-state index is 9.44. The Morgan fingerprint density at radius 2 is 2.20 bits per heavy atom. The number of hydrogen-bond donors (Lipinski definition) is 1. The fourth-order valence-electron chi connectivity index (χ4n) is 1.07. The van der Waals surface area contributed by atoms with Crippen LogP contribution in [-0.4, -0.2) is 10.1 Å². The van der Waals surface area contributed by atoms with Crippen LogP contribution in [0, 0.1) is 0 Å². The molecular formula is C10H8BrNO2S. The summed E-state index contributed by atoms with van der Waals surface area (Å²) in [5.74, 6) is 0.622. The second-order valence-electron chi connectivity index (χ2n) is 2.81. The van der Waals surface area contributed by atoms with Crippen LogP contribution in [0.3, 0.4) is 0 Å². The zero-order valence-electron chi connectivity index (χ0n) is 7.68. The van der Waals surface area contributed by atoms with Gasteiger partial charge in [0.25, 0.3) is 0 Å². The molecule has 1 aromatic carbocycles. The van der Waals surface area contributed by atoms with E-state index in [0.29, 0.717) is 12.4 Å². The highest BCUT2D eigenvalue weighted by Crippen LogP contribution is 2.26. The molecule has 0 saturated heterocycles. The predicted octanol–water partition coefficient (Wildman–Crippen LogP) is 3.19. The molecule has 0 aliphatic rings. The Morgan fingerprint density at radius 3 is 2.87 bits per heavy atom. The Kier molecular flexibility index (Phi) is 3.23. The molecule has 3 nitrogen and oxygen atoms in total. The van der Waals surface area contributed by atoms with Gasteiger partial charge < -0.3 is 9.84 Å². The molecule has 78 valence electrons. The van der Waals surface area contributed by atoms with Gasteiger partial charge in [-0.05, 0) is 28.1 Å². The van der Waals surface area contributed by atoms with Crippen molar-refractivity contribution in [2.24, 2.45) is 0 Å². The number of hydrogen-bond acceptors (Lipinski definition) is 4. The standard InChI is InChI=1S/C10H8BrNO2S/c11-9-5-12-10(15-9)6-14-8-4-2-1-3-7(8)13/h1-5,13H,6H2. The van der Waals surface area contributed by atoms with Crippen molar-refractivity contribution in [2.75, 3.05) is 0 Å². The summed E-state index contributed by atoms with van der Waals surface area (Å²) in [5, 5.41) is 10.3. The average molecular weight is 286 g/mol. The number of halogens is 1. The first-order valence-electron chi connectivity index (χ1n) is 4.27. The molecule has 15 heavy (non-hydrogen) atoms. The van der Waals surface area contributed by atoms with E-state index >= 15 is 0 Å². The molecular weight excluding hydrogens is 278 g/mol. The average Bonchev–Trinajstić information content (AvgIpc) is 2.63. The van der Waals surface area contributed by atoms with Crippen LogP contribution in [0.4, 0.5) is 0 Å². The number of benzene rings is 1. The Bertz CT molecular complexity index is 458. The Hall–Kier alpha value is -1.07. The highest BCUT2D eigenvalue weighted by Gasteiger charge is 2.03. The van der Waals surface area contributed by atoms with Crippen LogP contribution in [-0.2, 0) is 6.61 Å². The van der Waals surface area contributed by atoms with E-state index in [4.69, 9.17) is 4.74 Å². The zero-order chi connectivity index (χ0) is 10.7. The summed E-state index contributed by atoms with van der Waals surface area (Å²) in [5.41, 5.74) is 0. The van der Waals surface area contributed by atoms with Gasteiger partial charge in [0.15, 0.2) is 11.5 Å². The molecule has 0 fully saturated rings. The number of thiazole rings is 1. The maximum Gasteiger partial charge on any atom is 0.161 e. The normalized spacial score (nSPS) is 10.2. The van der Waals surface area contributed by atoms with Crippen LogP contribution in [0.2, 0.25) is 0 Å². The fourth-order valence-corrected chi connectivity index (χ4v) is 2.29. The molecule has 0 bridgehead atoms. The van der Waals surface area contributed by atoms with Gasteiger partial charge in [-0.2, -0.15) is 0 Å². The van der Waals surface area contributed by atoms with Crippen molar-refractivity contribution >= 4 is 27.3 Å². The van der Waals surface area contributed by atoms with E-state index < -0.39 is 0 Å². The lowest BCUT2D eigenvalue weighted by atomic mass is 10.3. The number of phenolic OH excluding ortho intramolecular Hbond substituents is 1. The van der Waals surface area contributed by atoms with Crippen molar-refractivity contribution in [1.29, 1.82) is 0 Å². The summed E-state index contributed by atoms with van der Waals surface area (Å²) in [6, 6.07) is 6.88. The van der Waals surface area contributed by atoms with E-state index in [1.165, 1.54) is 11.3 Å². The topological polar surface area (TPSA) is 42.4 Å². The minimum atomic E-state index is 0.146. The van der Waals surface area contributed by atoms with Gasteiger partial charge in [0.2, 0.25) is 0 Å². The zero-order valence-corrected chi connectivity index (χ0v) is 10.1. The number of rotatable bonds is 3. The third kappa shape index (κ3) is 2.70. The van der Waals surface area contributed by atoms with E-state index in [9.17, 15) is 5.11 Å². The van der Waals surface area contributed by atoms with E-state index in [1.54, 1.807) is 24.4 Å². The Morgan fingerprint density at radius 1 is 1.40 bits per heavy atom. The summed E-state index contributed by atoms with van der Waals surface area (Å²) in [6.45, 7) is 0.369. The van der Waals surface area contributed by atoms with Gasteiger partial charge in [0, 0.05) is 0 Å². The van der Waals surface area contributed by atoms with Crippen molar-refractivity contribution in [3.8, 4) is 11.5 Å². The summed E-state index contributed by atoms with van der Waals surface area (Å²) in [6.07, 6.45) is 1.73. The molecule has 2 rings (SSSR count). The molecule has 1 N–H and O–H groups in total. The van der Waals surface area contributed by atoms with E-state index in [1.807, 2.05) is 6.07 Å². The monoisotopic (exact) mass is 285 g/mol. The summed E-state index contributed by atoms with van der Waals surface area (Å²) < 4.78 is 6.38. The first-order valence-corrected chi connectivity index (χ1v) is 5.87. The van der Waals surface area contributed by atoms with E-state index in [2.05, 4.69) is 20.9 Å². The third-order valence-electron chi connectivity index (χ3n) is 1.74. The number of phenols is 1. The van der Waals surface area contributed by atoms with E-state index in [0.717, 1.165) is 8.79 Å². The first kappa shape index (κ1) is 10.4. The SMILES string of the molecule is Oc1ccccc1OCc1ncc(Br)s1. The Labute approximate surface area is 99.5 Å². The van der Waals surface area contributed by atoms with Crippen LogP contribution < -0.4 is 4.74 Å². The predicted molar refractivity (Wildman–Crippen MR) is 62.3 cm³/mol. The molecule has 0 aliphatic carbocycles. The smallest absolute Gasteiger partial charge is 0.161 e. The van der Waals surface area contributed by atoms with Gasteiger partial charge in [0.1, 0.15) is 11.6 Å². The molecule has 0 unspecified atom stereocenters. The molecule has 0 aliphatic heterocycles.